The third-order valence-electron chi connectivity index (χ3n) is 3.55. The number of hydrogen-bond donors (Lipinski definition) is 0. The molecule has 1 amide bonds. The van der Waals surface area contributed by atoms with E-state index < -0.39 is 0 Å². The van der Waals surface area contributed by atoms with Crippen LogP contribution >= 0.6 is 11.6 Å². The first kappa shape index (κ1) is 16.5. The summed E-state index contributed by atoms with van der Waals surface area (Å²) in [5, 5.41) is 0.709. The first-order valence-electron chi connectivity index (χ1n) is 7.20. The summed E-state index contributed by atoms with van der Waals surface area (Å²) in [5.41, 5.74) is 2.08. The Kier molecular flexibility index (Phi) is 5.58. The van der Waals surface area contributed by atoms with Crippen LogP contribution in [0.15, 0.2) is 54.6 Å². The number of likely N-dealkylation sites (N-methyl/N-ethyl adjacent to an activating group) is 2. The molecule has 0 aliphatic carbocycles. The number of carbonyl (C=O) groups is 1. The zero-order chi connectivity index (χ0) is 16.1. The van der Waals surface area contributed by atoms with Gasteiger partial charge in [-0.2, -0.15) is 0 Å². The Labute approximate surface area is 137 Å². The van der Waals surface area contributed by atoms with Crippen LogP contribution in [-0.2, 0) is 11.3 Å². The van der Waals surface area contributed by atoms with Crippen molar-refractivity contribution < 1.29 is 4.79 Å². The molecule has 0 spiro atoms. The van der Waals surface area contributed by atoms with Gasteiger partial charge in [0.25, 0.3) is 0 Å². The number of carbonyl (C=O) groups excluding carboxylic acids is 1. The summed E-state index contributed by atoms with van der Waals surface area (Å²) in [4.78, 5) is 16.3. The molecule has 3 nitrogen and oxygen atoms in total. The van der Waals surface area contributed by atoms with Crippen molar-refractivity contribution in [3.05, 3.63) is 70.7 Å². The third-order valence-corrected chi connectivity index (χ3v) is 3.79. The highest BCUT2D eigenvalue weighted by Crippen LogP contribution is 2.23. The minimum Gasteiger partial charge on any atom is -0.347 e. The smallest absolute Gasteiger partial charge is 0.244 e. The lowest BCUT2D eigenvalue weighted by atomic mass is 10.0. The van der Waals surface area contributed by atoms with Gasteiger partial charge in [-0.15, -0.1) is 0 Å². The minimum absolute atomic E-state index is 0.0655. The van der Waals surface area contributed by atoms with Gasteiger partial charge in [0.1, 0.15) is 6.04 Å². The molecule has 2 aromatic rings. The van der Waals surface area contributed by atoms with E-state index in [1.165, 1.54) is 0 Å². The summed E-state index contributed by atoms with van der Waals surface area (Å²) < 4.78 is 0. The zero-order valence-electron chi connectivity index (χ0n) is 13.2. The normalized spacial score (nSPS) is 12.2. The third kappa shape index (κ3) is 4.09. The van der Waals surface area contributed by atoms with Gasteiger partial charge in [0, 0.05) is 25.7 Å². The number of rotatable bonds is 5. The molecule has 116 valence electrons. The number of amides is 1. The van der Waals surface area contributed by atoms with Crippen LogP contribution < -0.4 is 0 Å². The highest BCUT2D eigenvalue weighted by molar-refractivity contribution is 6.30. The molecule has 22 heavy (non-hydrogen) atoms. The summed E-state index contributed by atoms with van der Waals surface area (Å²) in [6, 6.07) is 17.3. The summed E-state index contributed by atoms with van der Waals surface area (Å²) in [6.07, 6.45) is 0. The number of benzene rings is 2. The highest BCUT2D eigenvalue weighted by atomic mass is 35.5. The quantitative estimate of drug-likeness (QED) is 0.841. The van der Waals surface area contributed by atoms with Crippen molar-refractivity contribution in [3.8, 4) is 0 Å². The fourth-order valence-electron chi connectivity index (χ4n) is 2.48. The largest absolute Gasteiger partial charge is 0.347 e. The number of hydrogen-bond acceptors (Lipinski definition) is 2. The van der Waals surface area contributed by atoms with Gasteiger partial charge in [0.15, 0.2) is 0 Å². The van der Waals surface area contributed by atoms with Gasteiger partial charge in [-0.3, -0.25) is 9.69 Å². The SMILES string of the molecule is CN(C)C(=O)[C@@H](c1ccccc1)N(C)Cc1cccc(Cl)c1. The lowest BCUT2D eigenvalue weighted by molar-refractivity contribution is -0.134. The predicted molar refractivity (Wildman–Crippen MR) is 90.8 cm³/mol. The Morgan fingerprint density at radius 1 is 1.05 bits per heavy atom. The average Bonchev–Trinajstić information content (AvgIpc) is 2.48. The average molecular weight is 317 g/mol. The molecule has 2 rings (SSSR count). The summed E-state index contributed by atoms with van der Waals surface area (Å²) in [6.45, 7) is 0.652. The van der Waals surface area contributed by atoms with Gasteiger partial charge in [0.05, 0.1) is 0 Å². The maximum absolute atomic E-state index is 12.6. The molecule has 2 aromatic carbocycles. The Hall–Kier alpha value is -1.84. The van der Waals surface area contributed by atoms with Crippen molar-refractivity contribution >= 4 is 17.5 Å². The van der Waals surface area contributed by atoms with Crippen LogP contribution in [0, 0.1) is 0 Å². The van der Waals surface area contributed by atoms with Crippen LogP contribution in [0.1, 0.15) is 17.2 Å². The van der Waals surface area contributed by atoms with Crippen molar-refractivity contribution in [2.45, 2.75) is 12.6 Å². The maximum atomic E-state index is 12.6. The summed E-state index contributed by atoms with van der Waals surface area (Å²) in [7, 11) is 5.52. The van der Waals surface area contributed by atoms with E-state index in [-0.39, 0.29) is 11.9 Å². The molecule has 0 saturated carbocycles. The monoisotopic (exact) mass is 316 g/mol. The highest BCUT2D eigenvalue weighted by Gasteiger charge is 2.26. The van der Waals surface area contributed by atoms with Gasteiger partial charge < -0.3 is 4.90 Å². The molecule has 0 aliphatic rings. The molecule has 1 atom stereocenters. The van der Waals surface area contributed by atoms with Gasteiger partial charge >= 0.3 is 0 Å². The van der Waals surface area contributed by atoms with E-state index in [2.05, 4.69) is 0 Å². The number of halogens is 1. The molecular formula is C18H21ClN2O. The molecule has 0 aliphatic heterocycles. The predicted octanol–water partition coefficient (Wildman–Crippen LogP) is 3.60. The van der Waals surface area contributed by atoms with E-state index >= 15 is 0 Å². The maximum Gasteiger partial charge on any atom is 0.244 e. The van der Waals surface area contributed by atoms with E-state index in [1.54, 1.807) is 19.0 Å². The standard InChI is InChI=1S/C18H21ClN2O/c1-20(2)18(22)17(15-9-5-4-6-10-15)21(3)13-14-8-7-11-16(19)12-14/h4-12,17H,13H2,1-3H3/t17-/m1/s1. The molecule has 0 radical (unpaired) electrons. The Morgan fingerprint density at radius 2 is 1.73 bits per heavy atom. The van der Waals surface area contributed by atoms with Gasteiger partial charge in [-0.1, -0.05) is 54.1 Å². The second-order valence-electron chi connectivity index (χ2n) is 5.59. The first-order valence-corrected chi connectivity index (χ1v) is 7.57. The van der Waals surface area contributed by atoms with Crippen LogP contribution in [0.25, 0.3) is 0 Å². The Bertz CT molecular complexity index is 628. The van der Waals surface area contributed by atoms with Crippen LogP contribution in [-0.4, -0.2) is 36.9 Å². The lowest BCUT2D eigenvalue weighted by Crippen LogP contribution is -2.37. The van der Waals surface area contributed by atoms with Crippen LogP contribution in [0.4, 0.5) is 0 Å². The molecular weight excluding hydrogens is 296 g/mol. The van der Waals surface area contributed by atoms with Crippen LogP contribution in [0.2, 0.25) is 5.02 Å². The second kappa shape index (κ2) is 7.43. The van der Waals surface area contributed by atoms with Crippen molar-refractivity contribution in [2.24, 2.45) is 0 Å². The Balaban J connectivity index is 2.26. The molecule has 0 fully saturated rings. The molecule has 0 N–H and O–H groups in total. The van der Waals surface area contributed by atoms with Gasteiger partial charge in [-0.25, -0.2) is 0 Å². The van der Waals surface area contributed by atoms with Gasteiger partial charge in [0.2, 0.25) is 5.91 Å². The molecule has 0 heterocycles. The lowest BCUT2D eigenvalue weighted by Gasteiger charge is -2.29. The van der Waals surface area contributed by atoms with E-state index in [1.807, 2.05) is 66.5 Å². The summed E-state index contributed by atoms with van der Waals surface area (Å²) >= 11 is 6.04. The fourth-order valence-corrected chi connectivity index (χ4v) is 2.69. The Morgan fingerprint density at radius 3 is 2.32 bits per heavy atom. The molecule has 4 heteroatoms. The fraction of sp³-hybridized carbons (Fsp3) is 0.278. The molecule has 0 bridgehead atoms. The summed E-state index contributed by atoms with van der Waals surface area (Å²) in [5.74, 6) is 0.0655. The molecule has 0 unspecified atom stereocenters. The van der Waals surface area contributed by atoms with Crippen LogP contribution in [0.5, 0.6) is 0 Å². The van der Waals surface area contributed by atoms with Gasteiger partial charge in [-0.05, 0) is 30.3 Å². The number of nitrogens with zero attached hydrogens (tertiary/aromatic N) is 2. The van der Waals surface area contributed by atoms with Crippen molar-refractivity contribution in [1.29, 1.82) is 0 Å². The van der Waals surface area contributed by atoms with E-state index in [4.69, 9.17) is 11.6 Å². The first-order chi connectivity index (χ1) is 10.5. The van der Waals surface area contributed by atoms with Crippen LogP contribution in [0.3, 0.4) is 0 Å². The molecule has 0 aromatic heterocycles. The van der Waals surface area contributed by atoms with Crippen molar-refractivity contribution in [3.63, 3.8) is 0 Å². The van der Waals surface area contributed by atoms with E-state index in [0.29, 0.717) is 11.6 Å². The topological polar surface area (TPSA) is 23.6 Å². The second-order valence-corrected chi connectivity index (χ2v) is 6.03. The van der Waals surface area contributed by atoms with Crippen molar-refractivity contribution in [1.82, 2.24) is 9.80 Å². The van der Waals surface area contributed by atoms with E-state index in [0.717, 1.165) is 11.1 Å². The van der Waals surface area contributed by atoms with E-state index in [9.17, 15) is 4.79 Å². The zero-order valence-corrected chi connectivity index (χ0v) is 13.9. The van der Waals surface area contributed by atoms with Crippen molar-refractivity contribution in [2.75, 3.05) is 21.1 Å². The minimum atomic E-state index is -0.310. The molecule has 0 saturated heterocycles.